The van der Waals surface area contributed by atoms with Gasteiger partial charge in [-0.2, -0.15) is 0 Å². The molecule has 2 amide bonds. The molecule has 2 rings (SSSR count). The number of carbonyl (C=O) groups excluding carboxylic acids is 2. The Morgan fingerprint density at radius 3 is 2.46 bits per heavy atom. The lowest BCUT2D eigenvalue weighted by molar-refractivity contribution is -0.126. The van der Waals surface area contributed by atoms with E-state index in [1.165, 1.54) is 0 Å². The number of nitrogens with zero attached hydrogens (tertiary/aromatic N) is 1. The van der Waals surface area contributed by atoms with Crippen molar-refractivity contribution in [1.82, 2.24) is 20.9 Å². The van der Waals surface area contributed by atoms with E-state index in [9.17, 15) is 9.59 Å². The zero-order valence-electron chi connectivity index (χ0n) is 15.1. The zero-order chi connectivity index (χ0) is 17.4. The molecule has 0 spiro atoms. The van der Waals surface area contributed by atoms with Gasteiger partial charge in [0.15, 0.2) is 0 Å². The topological polar surface area (TPSA) is 82.7 Å². The van der Waals surface area contributed by atoms with Crippen molar-refractivity contribution >= 4 is 36.6 Å². The SMILES string of the molecule is CN(C)CCNC(=O)c1ccc(CNC(=O)C2COCCN2)cc1.Cl.Cl. The molecule has 1 saturated heterocycles. The molecular formula is C17H28Cl2N4O3. The molecule has 1 aliphatic rings. The van der Waals surface area contributed by atoms with Gasteiger partial charge in [0.25, 0.3) is 5.91 Å². The Balaban J connectivity index is 0.00000312. The van der Waals surface area contributed by atoms with E-state index in [1.54, 1.807) is 12.1 Å². The second-order valence-corrected chi connectivity index (χ2v) is 6.06. The lowest BCUT2D eigenvalue weighted by atomic mass is 10.1. The van der Waals surface area contributed by atoms with Gasteiger partial charge in [0.1, 0.15) is 6.04 Å². The Morgan fingerprint density at radius 2 is 1.88 bits per heavy atom. The molecule has 1 aromatic carbocycles. The van der Waals surface area contributed by atoms with Crippen LogP contribution in [0, 0.1) is 0 Å². The van der Waals surface area contributed by atoms with Crippen LogP contribution in [-0.2, 0) is 16.1 Å². The monoisotopic (exact) mass is 406 g/mol. The molecule has 7 nitrogen and oxygen atoms in total. The van der Waals surface area contributed by atoms with E-state index in [1.807, 2.05) is 31.1 Å². The summed E-state index contributed by atoms with van der Waals surface area (Å²) in [5.41, 5.74) is 1.57. The van der Waals surface area contributed by atoms with Crippen LogP contribution in [0.4, 0.5) is 0 Å². The summed E-state index contributed by atoms with van der Waals surface area (Å²) < 4.78 is 5.27. The molecular weight excluding hydrogens is 379 g/mol. The van der Waals surface area contributed by atoms with Gasteiger partial charge in [0.05, 0.1) is 13.2 Å². The van der Waals surface area contributed by atoms with Gasteiger partial charge in [-0.3, -0.25) is 9.59 Å². The molecule has 26 heavy (non-hydrogen) atoms. The van der Waals surface area contributed by atoms with Gasteiger partial charge < -0.3 is 25.6 Å². The predicted molar refractivity (Wildman–Crippen MR) is 106 cm³/mol. The number of morpholine rings is 1. The van der Waals surface area contributed by atoms with Crippen molar-refractivity contribution in [2.24, 2.45) is 0 Å². The molecule has 0 bridgehead atoms. The molecule has 0 aromatic heterocycles. The summed E-state index contributed by atoms with van der Waals surface area (Å²) in [6, 6.07) is 6.96. The largest absolute Gasteiger partial charge is 0.378 e. The molecule has 9 heteroatoms. The van der Waals surface area contributed by atoms with Crippen LogP contribution < -0.4 is 16.0 Å². The van der Waals surface area contributed by atoms with E-state index >= 15 is 0 Å². The third-order valence-corrected chi connectivity index (χ3v) is 3.77. The van der Waals surface area contributed by atoms with Gasteiger partial charge in [0.2, 0.25) is 5.91 Å². The van der Waals surface area contributed by atoms with E-state index in [2.05, 4.69) is 16.0 Å². The Bertz CT molecular complexity index is 549. The molecule has 148 valence electrons. The van der Waals surface area contributed by atoms with Crippen LogP contribution in [0.5, 0.6) is 0 Å². The standard InChI is InChI=1S/C17H26N4O3.2ClH/c1-21(2)9-7-19-16(22)14-5-3-13(4-6-14)11-20-17(23)15-12-24-10-8-18-15;;/h3-6,15,18H,7-12H2,1-2H3,(H,19,22)(H,20,23);2*1H. The van der Waals surface area contributed by atoms with E-state index in [0.717, 1.165) is 12.1 Å². The summed E-state index contributed by atoms with van der Waals surface area (Å²) in [6.45, 7) is 3.57. The average Bonchev–Trinajstić information content (AvgIpc) is 2.60. The second-order valence-electron chi connectivity index (χ2n) is 6.06. The van der Waals surface area contributed by atoms with Crippen LogP contribution in [0.2, 0.25) is 0 Å². The predicted octanol–water partition coefficient (Wildman–Crippen LogP) is 0.426. The minimum Gasteiger partial charge on any atom is -0.378 e. The summed E-state index contributed by atoms with van der Waals surface area (Å²) in [5.74, 6) is -0.156. The summed E-state index contributed by atoms with van der Waals surface area (Å²) in [5, 5.41) is 8.86. The quantitative estimate of drug-likeness (QED) is 0.611. The van der Waals surface area contributed by atoms with Crippen molar-refractivity contribution in [2.75, 3.05) is 46.9 Å². The Hall–Kier alpha value is -1.38. The molecule has 0 saturated carbocycles. The summed E-state index contributed by atoms with van der Waals surface area (Å²) in [6.07, 6.45) is 0. The van der Waals surface area contributed by atoms with E-state index < -0.39 is 0 Å². The van der Waals surface area contributed by atoms with Crippen LogP contribution in [-0.4, -0.2) is 69.7 Å². The summed E-state index contributed by atoms with van der Waals surface area (Å²) in [7, 11) is 3.93. The van der Waals surface area contributed by atoms with Crippen molar-refractivity contribution in [3.63, 3.8) is 0 Å². The third kappa shape index (κ3) is 8.33. The first kappa shape index (κ1) is 24.6. The zero-order valence-corrected chi connectivity index (χ0v) is 16.8. The first-order chi connectivity index (χ1) is 11.6. The fourth-order valence-corrected chi connectivity index (χ4v) is 2.32. The molecule has 3 N–H and O–H groups in total. The van der Waals surface area contributed by atoms with Crippen LogP contribution in [0.25, 0.3) is 0 Å². The fourth-order valence-electron chi connectivity index (χ4n) is 2.32. The van der Waals surface area contributed by atoms with E-state index in [0.29, 0.717) is 38.4 Å². The van der Waals surface area contributed by atoms with Crippen LogP contribution in [0.3, 0.4) is 0 Å². The molecule has 1 unspecified atom stereocenters. The molecule has 1 atom stereocenters. The van der Waals surface area contributed by atoms with E-state index in [-0.39, 0.29) is 42.7 Å². The number of halogens is 2. The molecule has 0 radical (unpaired) electrons. The Kier molecular flexibility index (Phi) is 12.2. The van der Waals surface area contributed by atoms with Crippen molar-refractivity contribution in [3.05, 3.63) is 35.4 Å². The highest BCUT2D eigenvalue weighted by Gasteiger charge is 2.20. The van der Waals surface area contributed by atoms with Crippen molar-refractivity contribution < 1.29 is 14.3 Å². The Morgan fingerprint density at radius 1 is 1.19 bits per heavy atom. The Labute approximate surface area is 167 Å². The van der Waals surface area contributed by atoms with Crippen molar-refractivity contribution in [1.29, 1.82) is 0 Å². The number of nitrogens with one attached hydrogen (secondary N) is 3. The molecule has 1 heterocycles. The maximum absolute atomic E-state index is 12.0. The van der Waals surface area contributed by atoms with Gasteiger partial charge >= 0.3 is 0 Å². The molecule has 1 aromatic rings. The lowest BCUT2D eigenvalue weighted by Crippen LogP contribution is -2.51. The van der Waals surface area contributed by atoms with Gasteiger partial charge in [-0.15, -0.1) is 24.8 Å². The number of carbonyl (C=O) groups is 2. The number of hydrogen-bond acceptors (Lipinski definition) is 5. The highest BCUT2D eigenvalue weighted by atomic mass is 35.5. The number of hydrogen-bond donors (Lipinski definition) is 3. The van der Waals surface area contributed by atoms with Crippen molar-refractivity contribution in [2.45, 2.75) is 12.6 Å². The number of likely N-dealkylation sites (N-methyl/N-ethyl adjacent to an activating group) is 1. The third-order valence-electron chi connectivity index (χ3n) is 3.77. The average molecular weight is 407 g/mol. The first-order valence-corrected chi connectivity index (χ1v) is 8.17. The maximum Gasteiger partial charge on any atom is 0.251 e. The normalized spacial score (nSPS) is 16.2. The first-order valence-electron chi connectivity index (χ1n) is 8.17. The maximum atomic E-state index is 12.0. The number of benzene rings is 1. The lowest BCUT2D eigenvalue weighted by Gasteiger charge is -2.22. The van der Waals surface area contributed by atoms with Gasteiger partial charge in [-0.1, -0.05) is 12.1 Å². The van der Waals surface area contributed by atoms with Gasteiger partial charge in [-0.25, -0.2) is 0 Å². The highest BCUT2D eigenvalue weighted by Crippen LogP contribution is 2.05. The second kappa shape index (κ2) is 12.9. The van der Waals surface area contributed by atoms with Gasteiger partial charge in [0, 0.05) is 31.7 Å². The number of ether oxygens (including phenoxy) is 1. The molecule has 0 aliphatic carbocycles. The smallest absolute Gasteiger partial charge is 0.251 e. The highest BCUT2D eigenvalue weighted by molar-refractivity contribution is 5.94. The molecule has 1 fully saturated rings. The minimum absolute atomic E-state index is 0. The number of amides is 2. The van der Waals surface area contributed by atoms with E-state index in [4.69, 9.17) is 4.74 Å². The summed E-state index contributed by atoms with van der Waals surface area (Å²) in [4.78, 5) is 26.0. The van der Waals surface area contributed by atoms with Gasteiger partial charge in [-0.05, 0) is 31.8 Å². The summed E-state index contributed by atoms with van der Waals surface area (Å²) >= 11 is 0. The van der Waals surface area contributed by atoms with Crippen LogP contribution in [0.1, 0.15) is 15.9 Å². The fraction of sp³-hybridized carbons (Fsp3) is 0.529. The van der Waals surface area contributed by atoms with Crippen LogP contribution >= 0.6 is 24.8 Å². The van der Waals surface area contributed by atoms with Crippen molar-refractivity contribution in [3.8, 4) is 0 Å². The molecule has 1 aliphatic heterocycles. The minimum atomic E-state index is -0.291. The number of rotatable bonds is 7. The van der Waals surface area contributed by atoms with Crippen LogP contribution in [0.15, 0.2) is 24.3 Å².